The number of amides is 2. The van der Waals surface area contributed by atoms with Crippen molar-refractivity contribution in [2.24, 2.45) is 5.92 Å². The summed E-state index contributed by atoms with van der Waals surface area (Å²) in [7, 11) is 0. The lowest BCUT2D eigenvalue weighted by molar-refractivity contribution is -0.122. The van der Waals surface area contributed by atoms with Gasteiger partial charge in [-0.3, -0.25) is 14.9 Å². The quantitative estimate of drug-likeness (QED) is 0.655. The summed E-state index contributed by atoms with van der Waals surface area (Å²) in [6.45, 7) is 7.06. The first-order valence-corrected chi connectivity index (χ1v) is 10.4. The number of ether oxygens (including phenoxy) is 2. The first-order chi connectivity index (χ1) is 15.3. The molecule has 9 nitrogen and oxygen atoms in total. The maximum atomic E-state index is 12.9. The Morgan fingerprint density at radius 2 is 1.62 bits per heavy atom. The molecule has 1 N–H and O–H groups in total. The van der Waals surface area contributed by atoms with Gasteiger partial charge < -0.3 is 18.8 Å². The van der Waals surface area contributed by atoms with Gasteiger partial charge in [-0.05, 0) is 39.8 Å². The lowest BCUT2D eigenvalue weighted by atomic mass is 10.1. The number of hydrogen-bond acceptors (Lipinski definition) is 7. The van der Waals surface area contributed by atoms with E-state index in [-0.39, 0.29) is 54.9 Å². The number of nitrogens with one attached hydrogen (secondary N) is 1. The van der Waals surface area contributed by atoms with Gasteiger partial charge in [0.2, 0.25) is 17.7 Å². The van der Waals surface area contributed by atoms with Gasteiger partial charge in [-0.15, -0.1) is 0 Å². The highest BCUT2D eigenvalue weighted by Gasteiger charge is 2.37. The summed E-state index contributed by atoms with van der Waals surface area (Å²) < 4.78 is 15.6. The van der Waals surface area contributed by atoms with E-state index in [4.69, 9.17) is 13.9 Å². The standard InChI is InChI=1S/C23H26N2O7/c1-5-30-22(28)18-14(4)32-21(19(18)23(29)31-6-2)24-20(27)15-11-17(26)25(12-15)16-9-7-13(3)8-10-16/h7-10,15H,5-6,11-12H2,1-4H3,(H,24,27). The molecule has 0 spiro atoms. The summed E-state index contributed by atoms with van der Waals surface area (Å²) in [4.78, 5) is 51.9. The molecule has 1 saturated heterocycles. The molecule has 2 heterocycles. The Labute approximate surface area is 185 Å². The summed E-state index contributed by atoms with van der Waals surface area (Å²) in [6.07, 6.45) is 0.0128. The van der Waals surface area contributed by atoms with Crippen LogP contribution in [-0.4, -0.2) is 43.5 Å². The van der Waals surface area contributed by atoms with Gasteiger partial charge in [-0.1, -0.05) is 17.7 Å². The van der Waals surface area contributed by atoms with Crippen LogP contribution in [0.15, 0.2) is 28.7 Å². The minimum Gasteiger partial charge on any atom is -0.462 e. The molecule has 3 rings (SSSR count). The minimum absolute atomic E-state index is 0.0128. The second kappa shape index (κ2) is 9.67. The molecule has 0 radical (unpaired) electrons. The van der Waals surface area contributed by atoms with E-state index in [1.54, 1.807) is 18.7 Å². The molecular formula is C23H26N2O7. The van der Waals surface area contributed by atoms with Crippen LogP contribution in [0.4, 0.5) is 11.6 Å². The van der Waals surface area contributed by atoms with Crippen molar-refractivity contribution in [3.05, 3.63) is 46.7 Å². The largest absolute Gasteiger partial charge is 0.462 e. The zero-order chi connectivity index (χ0) is 23.4. The Hall–Kier alpha value is -3.62. The SMILES string of the molecule is CCOC(=O)c1c(C)oc(NC(=O)C2CC(=O)N(c3ccc(C)cc3)C2)c1C(=O)OCC. The number of anilines is 2. The molecule has 1 aliphatic rings. The van der Waals surface area contributed by atoms with Crippen LogP contribution in [0.1, 0.15) is 52.3 Å². The van der Waals surface area contributed by atoms with Crippen molar-refractivity contribution in [3.8, 4) is 0 Å². The molecule has 0 saturated carbocycles. The Kier molecular flexibility index (Phi) is 6.97. The van der Waals surface area contributed by atoms with Crippen LogP contribution in [0.3, 0.4) is 0 Å². The Bertz CT molecular complexity index is 1040. The van der Waals surface area contributed by atoms with E-state index in [2.05, 4.69) is 5.32 Å². The number of hydrogen-bond donors (Lipinski definition) is 1. The smallest absolute Gasteiger partial charge is 0.344 e. The number of carbonyl (C=O) groups is 4. The topological polar surface area (TPSA) is 115 Å². The summed E-state index contributed by atoms with van der Waals surface area (Å²) in [5.74, 6) is -2.98. The second-order valence-electron chi connectivity index (χ2n) is 7.41. The number of nitrogens with zero attached hydrogens (tertiary/aromatic N) is 1. The molecule has 1 aromatic heterocycles. The van der Waals surface area contributed by atoms with E-state index in [1.165, 1.54) is 6.92 Å². The van der Waals surface area contributed by atoms with Crippen LogP contribution in [0.5, 0.6) is 0 Å². The van der Waals surface area contributed by atoms with Crippen LogP contribution >= 0.6 is 0 Å². The van der Waals surface area contributed by atoms with Gasteiger partial charge in [0.1, 0.15) is 16.9 Å². The number of benzene rings is 1. The minimum atomic E-state index is -0.813. The Balaban J connectivity index is 1.83. The second-order valence-corrected chi connectivity index (χ2v) is 7.41. The maximum Gasteiger partial charge on any atom is 0.344 e. The van der Waals surface area contributed by atoms with Gasteiger partial charge in [-0.25, -0.2) is 9.59 Å². The van der Waals surface area contributed by atoms with Crippen molar-refractivity contribution < 1.29 is 33.1 Å². The highest BCUT2D eigenvalue weighted by Crippen LogP contribution is 2.31. The van der Waals surface area contributed by atoms with Crippen molar-refractivity contribution >= 4 is 35.3 Å². The Morgan fingerprint density at radius 1 is 1.03 bits per heavy atom. The van der Waals surface area contributed by atoms with Crippen LogP contribution in [-0.2, 0) is 19.1 Å². The van der Waals surface area contributed by atoms with Crippen molar-refractivity contribution in [1.82, 2.24) is 0 Å². The third-order valence-electron chi connectivity index (χ3n) is 5.12. The molecule has 0 aliphatic carbocycles. The normalized spacial score (nSPS) is 15.6. The molecule has 1 unspecified atom stereocenters. The lowest BCUT2D eigenvalue weighted by Crippen LogP contribution is -2.28. The molecule has 2 aromatic rings. The molecule has 1 fully saturated rings. The number of aryl methyl sites for hydroxylation is 2. The summed E-state index contributed by atoms with van der Waals surface area (Å²) in [5.41, 5.74) is 1.48. The van der Waals surface area contributed by atoms with Crippen molar-refractivity contribution in [2.45, 2.75) is 34.1 Å². The van der Waals surface area contributed by atoms with Gasteiger partial charge in [0, 0.05) is 18.7 Å². The van der Waals surface area contributed by atoms with E-state index < -0.39 is 23.8 Å². The molecular weight excluding hydrogens is 416 g/mol. The molecule has 0 bridgehead atoms. The zero-order valence-corrected chi connectivity index (χ0v) is 18.5. The molecule has 170 valence electrons. The third kappa shape index (κ3) is 4.66. The zero-order valence-electron chi connectivity index (χ0n) is 18.5. The van der Waals surface area contributed by atoms with Crippen molar-refractivity contribution in [1.29, 1.82) is 0 Å². The number of furan rings is 1. The molecule has 1 aromatic carbocycles. The van der Waals surface area contributed by atoms with Crippen LogP contribution in [0.2, 0.25) is 0 Å². The van der Waals surface area contributed by atoms with Crippen molar-refractivity contribution in [2.75, 3.05) is 30.0 Å². The van der Waals surface area contributed by atoms with Gasteiger partial charge in [0.15, 0.2) is 0 Å². The molecule has 2 amide bonds. The summed E-state index contributed by atoms with van der Waals surface area (Å²) in [6, 6.07) is 7.44. The average molecular weight is 442 g/mol. The van der Waals surface area contributed by atoms with E-state index in [0.717, 1.165) is 5.56 Å². The molecule has 1 aliphatic heterocycles. The molecule has 1 atom stereocenters. The van der Waals surface area contributed by atoms with Gasteiger partial charge in [0.25, 0.3) is 0 Å². The fraction of sp³-hybridized carbons (Fsp3) is 0.391. The Morgan fingerprint density at radius 3 is 2.22 bits per heavy atom. The van der Waals surface area contributed by atoms with Gasteiger partial charge in [0.05, 0.1) is 19.1 Å². The van der Waals surface area contributed by atoms with E-state index >= 15 is 0 Å². The highest BCUT2D eigenvalue weighted by atomic mass is 16.5. The van der Waals surface area contributed by atoms with E-state index in [9.17, 15) is 19.2 Å². The third-order valence-corrected chi connectivity index (χ3v) is 5.12. The molecule has 9 heteroatoms. The maximum absolute atomic E-state index is 12.9. The number of esters is 2. The van der Waals surface area contributed by atoms with E-state index in [1.807, 2.05) is 31.2 Å². The van der Waals surface area contributed by atoms with Gasteiger partial charge >= 0.3 is 11.9 Å². The monoisotopic (exact) mass is 442 g/mol. The summed E-state index contributed by atoms with van der Waals surface area (Å²) in [5, 5.41) is 2.56. The predicted octanol–water partition coefficient (Wildman–Crippen LogP) is 3.24. The van der Waals surface area contributed by atoms with E-state index in [0.29, 0.717) is 5.69 Å². The average Bonchev–Trinajstić information content (AvgIpc) is 3.29. The predicted molar refractivity (Wildman–Crippen MR) is 116 cm³/mol. The highest BCUT2D eigenvalue weighted by molar-refractivity contribution is 6.10. The van der Waals surface area contributed by atoms with Crippen LogP contribution in [0, 0.1) is 19.8 Å². The first-order valence-electron chi connectivity index (χ1n) is 10.4. The summed E-state index contributed by atoms with van der Waals surface area (Å²) >= 11 is 0. The number of rotatable bonds is 7. The number of carbonyl (C=O) groups excluding carboxylic acids is 4. The lowest BCUT2D eigenvalue weighted by Gasteiger charge is -2.16. The van der Waals surface area contributed by atoms with Gasteiger partial charge in [-0.2, -0.15) is 0 Å². The molecule has 32 heavy (non-hydrogen) atoms. The van der Waals surface area contributed by atoms with Crippen LogP contribution in [0.25, 0.3) is 0 Å². The van der Waals surface area contributed by atoms with Crippen LogP contribution < -0.4 is 10.2 Å². The fourth-order valence-electron chi connectivity index (χ4n) is 3.55. The fourth-order valence-corrected chi connectivity index (χ4v) is 3.55. The van der Waals surface area contributed by atoms with Crippen molar-refractivity contribution in [3.63, 3.8) is 0 Å². The first kappa shape index (κ1) is 23.1.